The number of hydrogen-bond acceptors (Lipinski definition) is 3. The minimum atomic E-state index is -1.96. The van der Waals surface area contributed by atoms with Gasteiger partial charge in [0.25, 0.3) is 0 Å². The monoisotopic (exact) mass is 394 g/mol. The summed E-state index contributed by atoms with van der Waals surface area (Å²) in [4.78, 5) is 12.1. The normalized spacial score (nSPS) is 21.2. The van der Waals surface area contributed by atoms with E-state index < -0.39 is 14.4 Å². The van der Waals surface area contributed by atoms with Gasteiger partial charge in [-0.3, -0.25) is 4.79 Å². The van der Waals surface area contributed by atoms with Crippen molar-refractivity contribution in [2.24, 2.45) is 0 Å². The third-order valence-electron chi connectivity index (χ3n) is 6.00. The fourth-order valence-electron chi connectivity index (χ4n) is 3.10. The van der Waals surface area contributed by atoms with E-state index in [0.717, 1.165) is 36.0 Å². The maximum atomic E-state index is 12.1. The Hall–Kier alpha value is -1.93. The molecule has 0 bridgehead atoms. The van der Waals surface area contributed by atoms with Crippen LogP contribution in [-0.2, 0) is 10.8 Å². The SMILES string of the molecule is CC(C)(C)[Si](C)(C)OC1C#C/C(C(O)c2ccccc2)=C/c2c(c2=O)CCC1. The zero-order valence-corrected chi connectivity index (χ0v) is 18.5. The zero-order chi connectivity index (χ0) is 20.5. The van der Waals surface area contributed by atoms with Crippen molar-refractivity contribution in [1.29, 1.82) is 0 Å². The van der Waals surface area contributed by atoms with Crippen molar-refractivity contribution < 1.29 is 9.53 Å². The number of aliphatic hydroxyl groups excluding tert-OH is 1. The van der Waals surface area contributed by atoms with Gasteiger partial charge in [0.05, 0.1) is 0 Å². The molecule has 0 saturated carbocycles. The van der Waals surface area contributed by atoms with Crippen LogP contribution in [0, 0.1) is 11.8 Å². The Morgan fingerprint density at radius 2 is 1.89 bits per heavy atom. The first-order valence-electron chi connectivity index (χ1n) is 10.0. The average Bonchev–Trinajstić information content (AvgIpc) is 3.25. The molecule has 3 nitrogen and oxygen atoms in total. The molecule has 2 aromatic carbocycles. The lowest BCUT2D eigenvalue weighted by Crippen LogP contribution is -2.43. The predicted molar refractivity (Wildman–Crippen MR) is 117 cm³/mol. The zero-order valence-electron chi connectivity index (χ0n) is 17.5. The minimum absolute atomic E-state index is 0.106. The molecule has 148 valence electrons. The van der Waals surface area contributed by atoms with Gasteiger partial charge in [0.15, 0.2) is 13.7 Å². The smallest absolute Gasteiger partial charge is 0.193 e. The molecule has 0 heterocycles. The summed E-state index contributed by atoms with van der Waals surface area (Å²) in [5.41, 5.74) is 3.06. The third kappa shape index (κ3) is 4.55. The van der Waals surface area contributed by atoms with E-state index in [1.165, 1.54) is 0 Å². The summed E-state index contributed by atoms with van der Waals surface area (Å²) in [6.45, 7) is 11.1. The summed E-state index contributed by atoms with van der Waals surface area (Å²) < 4.78 is 6.54. The summed E-state index contributed by atoms with van der Waals surface area (Å²) in [5, 5.41) is 11.0. The Bertz CT molecular complexity index is 928. The topological polar surface area (TPSA) is 46.5 Å². The molecule has 0 spiro atoms. The molecule has 28 heavy (non-hydrogen) atoms. The molecule has 0 fully saturated rings. The second-order valence-electron chi connectivity index (χ2n) is 9.16. The van der Waals surface area contributed by atoms with Crippen LogP contribution in [0.5, 0.6) is 0 Å². The molecule has 0 aliphatic heterocycles. The van der Waals surface area contributed by atoms with E-state index in [9.17, 15) is 9.90 Å². The highest BCUT2D eigenvalue weighted by molar-refractivity contribution is 6.74. The van der Waals surface area contributed by atoms with Crippen LogP contribution in [0.25, 0.3) is 6.08 Å². The average molecular weight is 395 g/mol. The predicted octanol–water partition coefficient (Wildman–Crippen LogP) is 4.77. The van der Waals surface area contributed by atoms with E-state index in [2.05, 4.69) is 45.7 Å². The quantitative estimate of drug-likeness (QED) is 0.600. The molecule has 0 radical (unpaired) electrons. The highest BCUT2D eigenvalue weighted by Gasteiger charge is 2.39. The molecule has 1 aliphatic carbocycles. The van der Waals surface area contributed by atoms with Gasteiger partial charge in [-0.25, -0.2) is 0 Å². The number of rotatable bonds is 4. The van der Waals surface area contributed by atoms with E-state index in [1.807, 2.05) is 30.3 Å². The van der Waals surface area contributed by atoms with Crippen LogP contribution in [0.4, 0.5) is 0 Å². The second-order valence-corrected chi connectivity index (χ2v) is 13.9. The number of hydrogen-bond donors (Lipinski definition) is 1. The largest absolute Gasteiger partial charge is 0.403 e. The van der Waals surface area contributed by atoms with Gasteiger partial charge in [-0.15, -0.1) is 0 Å². The first kappa shape index (κ1) is 20.8. The van der Waals surface area contributed by atoms with Gasteiger partial charge in [-0.2, -0.15) is 0 Å². The van der Waals surface area contributed by atoms with Gasteiger partial charge in [-0.1, -0.05) is 62.9 Å². The Morgan fingerprint density at radius 1 is 1.21 bits per heavy atom. The van der Waals surface area contributed by atoms with Gasteiger partial charge in [-0.05, 0) is 49.0 Å². The van der Waals surface area contributed by atoms with Crippen molar-refractivity contribution >= 4 is 14.4 Å². The van der Waals surface area contributed by atoms with Crippen molar-refractivity contribution in [3.8, 4) is 11.8 Å². The summed E-state index contributed by atoms with van der Waals surface area (Å²) in [7, 11) is -1.96. The molecule has 2 unspecified atom stereocenters. The number of benzene rings is 1. The summed E-state index contributed by atoms with van der Waals surface area (Å²) >= 11 is 0. The highest BCUT2D eigenvalue weighted by atomic mass is 28.4. The lowest BCUT2D eigenvalue weighted by molar-refractivity contribution is 0.218. The van der Waals surface area contributed by atoms with E-state index >= 15 is 0 Å². The summed E-state index contributed by atoms with van der Waals surface area (Å²) in [6, 6.07) is 9.45. The van der Waals surface area contributed by atoms with Crippen molar-refractivity contribution in [3.05, 3.63) is 62.8 Å². The lowest BCUT2D eigenvalue weighted by Gasteiger charge is -2.38. The summed E-state index contributed by atoms with van der Waals surface area (Å²) in [5.74, 6) is 6.43. The van der Waals surface area contributed by atoms with E-state index in [4.69, 9.17) is 4.43 Å². The fourth-order valence-corrected chi connectivity index (χ4v) is 4.34. The highest BCUT2D eigenvalue weighted by Crippen LogP contribution is 2.38. The maximum Gasteiger partial charge on any atom is 0.193 e. The first-order chi connectivity index (χ1) is 13.1. The van der Waals surface area contributed by atoms with Crippen LogP contribution < -0.4 is 5.43 Å². The number of fused-ring (bicyclic) bond motifs is 1. The van der Waals surface area contributed by atoms with Crippen molar-refractivity contribution in [2.45, 2.75) is 70.4 Å². The van der Waals surface area contributed by atoms with Crippen molar-refractivity contribution in [1.82, 2.24) is 0 Å². The first-order valence-corrected chi connectivity index (χ1v) is 12.9. The van der Waals surface area contributed by atoms with Crippen LogP contribution in [0.15, 0.2) is 40.7 Å². The molecular weight excluding hydrogens is 364 g/mol. The Labute approximate surface area is 169 Å². The molecule has 1 N–H and O–H groups in total. The van der Waals surface area contributed by atoms with E-state index in [0.29, 0.717) is 5.57 Å². The second kappa shape index (κ2) is 7.83. The maximum absolute atomic E-state index is 12.1. The molecule has 4 heteroatoms. The van der Waals surface area contributed by atoms with Gasteiger partial charge in [0.2, 0.25) is 0 Å². The van der Waals surface area contributed by atoms with E-state index in [-0.39, 0.29) is 16.6 Å². The molecule has 2 atom stereocenters. The Morgan fingerprint density at radius 3 is 2.54 bits per heavy atom. The molecule has 0 saturated heterocycles. The van der Waals surface area contributed by atoms with E-state index in [1.54, 1.807) is 6.08 Å². The van der Waals surface area contributed by atoms with Gasteiger partial charge in [0.1, 0.15) is 12.2 Å². The van der Waals surface area contributed by atoms with Crippen LogP contribution in [0.1, 0.15) is 56.4 Å². The third-order valence-corrected chi connectivity index (χ3v) is 10.5. The fraction of sp³-hybridized carbons (Fsp3) is 0.458. The molecule has 2 aromatic rings. The molecule has 3 rings (SSSR count). The standard InChI is InChI=1S/C24H30O3Si/c1-24(2,3)28(4,5)27-19-12-9-13-20-21(23(20)26)16-18(14-15-19)22(25)17-10-7-6-8-11-17/h6-8,10-11,16,19,22,25H,9,12-13H2,1-5H3/b18-16-. The lowest BCUT2D eigenvalue weighted by atomic mass is 9.99. The molecule has 0 aromatic heterocycles. The van der Waals surface area contributed by atoms with Gasteiger partial charge < -0.3 is 9.53 Å². The van der Waals surface area contributed by atoms with Crippen molar-refractivity contribution in [2.75, 3.05) is 0 Å². The Kier molecular flexibility index (Phi) is 5.81. The van der Waals surface area contributed by atoms with Gasteiger partial charge in [0, 0.05) is 16.7 Å². The Balaban J connectivity index is 1.92. The van der Waals surface area contributed by atoms with Crippen LogP contribution in [-0.4, -0.2) is 19.5 Å². The number of aliphatic hydroxyl groups is 1. The molecule has 0 amide bonds. The van der Waals surface area contributed by atoms with Gasteiger partial charge >= 0.3 is 0 Å². The van der Waals surface area contributed by atoms with Crippen LogP contribution in [0.3, 0.4) is 0 Å². The molecule has 1 aliphatic rings. The molecular formula is C24H30O3Si. The van der Waals surface area contributed by atoms with Crippen molar-refractivity contribution in [3.63, 3.8) is 0 Å². The minimum Gasteiger partial charge on any atom is -0.403 e. The van der Waals surface area contributed by atoms with Crippen LogP contribution in [0.2, 0.25) is 18.1 Å². The van der Waals surface area contributed by atoms with Crippen LogP contribution >= 0.6 is 0 Å². The summed E-state index contributed by atoms with van der Waals surface area (Å²) in [6.07, 6.45) is 3.21.